The summed E-state index contributed by atoms with van der Waals surface area (Å²) in [7, 11) is 0. The van der Waals surface area contributed by atoms with Crippen LogP contribution in [0.1, 0.15) is 194 Å². The molecule has 0 amide bonds. The van der Waals surface area contributed by atoms with Crippen molar-refractivity contribution in [2.75, 3.05) is 26.4 Å². The van der Waals surface area contributed by atoms with E-state index in [4.69, 9.17) is 28.4 Å². The van der Waals surface area contributed by atoms with E-state index in [2.05, 4.69) is 38.2 Å². The SMILES string of the molecule is CCCCCCCCCCC/C=C/C/C=C/CCCC(=O)OC[C@@H](CO[C@@H]1O[C@H](CO[C@@H]2O[C@H](CO)[C@H](O)C(O)C2O)[C@H](O)C(O)C1O)OC(=O)CC/C=C/CCCCCCCCCCCCC. The molecule has 0 spiro atoms. The first-order chi connectivity index (χ1) is 33.0. The van der Waals surface area contributed by atoms with Crippen molar-refractivity contribution in [3.05, 3.63) is 36.5 Å². The maximum absolute atomic E-state index is 13.0. The average Bonchev–Trinajstić information content (AvgIpc) is 3.33. The van der Waals surface area contributed by atoms with Crippen molar-refractivity contribution in [2.24, 2.45) is 0 Å². The van der Waals surface area contributed by atoms with E-state index in [9.17, 15) is 45.3 Å². The molecule has 0 aromatic heterocycles. The van der Waals surface area contributed by atoms with Gasteiger partial charge in [0.15, 0.2) is 18.7 Å². The van der Waals surface area contributed by atoms with Crippen molar-refractivity contribution in [1.29, 1.82) is 0 Å². The van der Waals surface area contributed by atoms with Crippen LogP contribution in [0.4, 0.5) is 0 Å². The van der Waals surface area contributed by atoms with Gasteiger partial charge in [-0.2, -0.15) is 0 Å². The molecular weight excluding hydrogens is 877 g/mol. The molecule has 15 nitrogen and oxygen atoms in total. The molecule has 2 fully saturated rings. The number of esters is 2. The third-order valence-corrected chi connectivity index (χ3v) is 12.6. The molecule has 4 unspecified atom stereocenters. The second-order valence-electron chi connectivity index (χ2n) is 18.7. The molecule has 2 rings (SSSR count). The van der Waals surface area contributed by atoms with Crippen molar-refractivity contribution in [2.45, 2.75) is 261 Å². The first-order valence-electron chi connectivity index (χ1n) is 26.6. The molecule has 396 valence electrons. The van der Waals surface area contributed by atoms with Crippen LogP contribution in [0.5, 0.6) is 0 Å². The third kappa shape index (κ3) is 27.9. The summed E-state index contributed by atoms with van der Waals surface area (Å²) in [4.78, 5) is 25.7. The second kappa shape index (κ2) is 40.3. The van der Waals surface area contributed by atoms with Gasteiger partial charge in [0.05, 0.1) is 19.8 Å². The quantitative estimate of drug-likeness (QED) is 0.0177. The lowest BCUT2D eigenvalue weighted by molar-refractivity contribution is -0.332. The molecule has 0 bridgehead atoms. The van der Waals surface area contributed by atoms with Crippen molar-refractivity contribution in [3.63, 3.8) is 0 Å². The van der Waals surface area contributed by atoms with E-state index in [1.807, 2.05) is 12.2 Å². The Morgan fingerprint density at radius 3 is 1.44 bits per heavy atom. The summed E-state index contributed by atoms with van der Waals surface area (Å²) in [5, 5.41) is 72.1. The topological polar surface area (TPSA) is 231 Å². The number of ether oxygens (including phenoxy) is 6. The lowest BCUT2D eigenvalue weighted by atomic mass is 9.98. The summed E-state index contributed by atoms with van der Waals surface area (Å²) in [6.45, 7) is 2.52. The molecule has 0 aromatic carbocycles. The Hall–Kier alpha value is -2.28. The third-order valence-electron chi connectivity index (χ3n) is 12.6. The zero-order valence-corrected chi connectivity index (χ0v) is 41.8. The van der Waals surface area contributed by atoms with Crippen LogP contribution in [-0.2, 0) is 38.0 Å². The lowest BCUT2D eigenvalue weighted by Gasteiger charge is -2.42. The normalized spacial score (nSPS) is 26.0. The number of hydrogen-bond donors (Lipinski definition) is 7. The minimum atomic E-state index is -1.78. The number of allylic oxidation sites excluding steroid dienone is 6. The molecule has 11 atom stereocenters. The molecule has 2 aliphatic heterocycles. The number of aliphatic hydroxyl groups excluding tert-OH is 7. The first kappa shape index (κ1) is 61.8. The summed E-state index contributed by atoms with van der Waals surface area (Å²) in [5.74, 6) is -1.03. The van der Waals surface area contributed by atoms with Gasteiger partial charge < -0.3 is 64.2 Å². The minimum Gasteiger partial charge on any atom is -0.462 e. The van der Waals surface area contributed by atoms with Gasteiger partial charge in [-0.15, -0.1) is 0 Å². The Kier molecular flexibility index (Phi) is 36.7. The monoisotopic (exact) mass is 971 g/mol. The van der Waals surface area contributed by atoms with Crippen molar-refractivity contribution >= 4 is 11.9 Å². The van der Waals surface area contributed by atoms with E-state index in [-0.39, 0.29) is 19.4 Å². The highest BCUT2D eigenvalue weighted by Gasteiger charge is 2.47. The van der Waals surface area contributed by atoms with E-state index in [0.29, 0.717) is 19.3 Å². The van der Waals surface area contributed by atoms with E-state index in [0.717, 1.165) is 25.7 Å². The van der Waals surface area contributed by atoms with Crippen LogP contribution in [0.15, 0.2) is 36.5 Å². The number of rotatable bonds is 41. The Morgan fingerprint density at radius 1 is 0.471 bits per heavy atom. The molecule has 7 N–H and O–H groups in total. The number of hydrogen-bond acceptors (Lipinski definition) is 15. The maximum atomic E-state index is 13.0. The number of carbonyl (C=O) groups excluding carboxylic acids is 2. The fraction of sp³-hybridized carbons (Fsp3) is 0.849. The molecule has 2 saturated heterocycles. The molecule has 2 heterocycles. The van der Waals surface area contributed by atoms with Gasteiger partial charge in [0.1, 0.15) is 55.4 Å². The Balaban J connectivity index is 1.83. The molecule has 0 radical (unpaired) electrons. The summed E-state index contributed by atoms with van der Waals surface area (Å²) >= 11 is 0. The minimum absolute atomic E-state index is 0.0742. The van der Waals surface area contributed by atoms with Crippen LogP contribution >= 0.6 is 0 Å². The Morgan fingerprint density at radius 2 is 0.912 bits per heavy atom. The number of unbranched alkanes of at least 4 members (excludes halogenated alkanes) is 21. The summed E-state index contributed by atoms with van der Waals surface area (Å²) in [6.07, 6.45) is 26.2. The molecule has 0 aliphatic carbocycles. The highest BCUT2D eigenvalue weighted by Crippen LogP contribution is 2.26. The van der Waals surface area contributed by atoms with Gasteiger partial charge in [0.2, 0.25) is 0 Å². The predicted molar refractivity (Wildman–Crippen MR) is 261 cm³/mol. The molecule has 0 aromatic rings. The van der Waals surface area contributed by atoms with Crippen LogP contribution in [0, 0.1) is 0 Å². The molecule has 68 heavy (non-hydrogen) atoms. The van der Waals surface area contributed by atoms with Crippen molar-refractivity contribution in [3.8, 4) is 0 Å². The first-order valence-corrected chi connectivity index (χ1v) is 26.6. The zero-order valence-electron chi connectivity index (χ0n) is 41.8. The Labute approximate surface area is 408 Å². The standard InChI is InChI=1S/C53H94O15/c1-3-5-7-9-11-13-15-17-19-20-22-23-25-27-29-31-33-35-44(55)63-38-41(66-45(56)36-34-32-30-28-26-24-21-18-16-14-12-10-8-6-4-2)39-64-52-51(62)49(60)47(58)43(68-52)40-65-53-50(61)48(59)46(57)42(37-54)67-53/h22-23,27,29-30,32,41-43,46-54,57-62H,3-21,24-26,28,31,33-40H2,1-2H3/b23-22+,29-27+,32-30+/t41-,42+,43+,46-,47-,48?,49?,50?,51?,52+,53+/m0/s1. The maximum Gasteiger partial charge on any atom is 0.306 e. The van der Waals surface area contributed by atoms with Crippen LogP contribution < -0.4 is 0 Å². The zero-order chi connectivity index (χ0) is 49.6. The van der Waals surface area contributed by atoms with E-state index < -0.39 is 99.3 Å². The Bertz CT molecular complexity index is 1330. The van der Waals surface area contributed by atoms with Gasteiger partial charge in [-0.3, -0.25) is 9.59 Å². The highest BCUT2D eigenvalue weighted by atomic mass is 16.7. The molecule has 15 heteroatoms. The van der Waals surface area contributed by atoms with Crippen LogP contribution in [0.3, 0.4) is 0 Å². The van der Waals surface area contributed by atoms with E-state index in [1.54, 1.807) is 0 Å². The molecule has 0 saturated carbocycles. The summed E-state index contributed by atoms with van der Waals surface area (Å²) in [6, 6.07) is 0. The predicted octanol–water partition coefficient (Wildman–Crippen LogP) is 7.71. The largest absolute Gasteiger partial charge is 0.462 e. The number of carbonyl (C=O) groups is 2. The van der Waals surface area contributed by atoms with Gasteiger partial charge in [-0.25, -0.2) is 0 Å². The second-order valence-corrected chi connectivity index (χ2v) is 18.7. The smallest absolute Gasteiger partial charge is 0.306 e. The number of aliphatic hydroxyl groups is 7. The summed E-state index contributed by atoms with van der Waals surface area (Å²) < 4.78 is 33.5. The van der Waals surface area contributed by atoms with Crippen LogP contribution in [-0.4, -0.2) is 142 Å². The molecular formula is C53H94O15. The average molecular weight is 971 g/mol. The van der Waals surface area contributed by atoms with Gasteiger partial charge >= 0.3 is 11.9 Å². The van der Waals surface area contributed by atoms with Gasteiger partial charge in [0.25, 0.3) is 0 Å². The van der Waals surface area contributed by atoms with Crippen molar-refractivity contribution < 1.29 is 73.8 Å². The molecule has 2 aliphatic rings. The highest BCUT2D eigenvalue weighted by molar-refractivity contribution is 5.70. The fourth-order valence-corrected chi connectivity index (χ4v) is 8.22. The van der Waals surface area contributed by atoms with Gasteiger partial charge in [-0.1, -0.05) is 166 Å². The lowest BCUT2D eigenvalue weighted by Crippen LogP contribution is -2.61. The van der Waals surface area contributed by atoms with Gasteiger partial charge in [0, 0.05) is 12.8 Å². The van der Waals surface area contributed by atoms with Gasteiger partial charge in [-0.05, 0) is 51.4 Å². The summed E-state index contributed by atoms with van der Waals surface area (Å²) in [5.41, 5.74) is 0. The fourth-order valence-electron chi connectivity index (χ4n) is 8.22. The van der Waals surface area contributed by atoms with E-state index >= 15 is 0 Å². The van der Waals surface area contributed by atoms with E-state index in [1.165, 1.54) is 122 Å². The van der Waals surface area contributed by atoms with Crippen LogP contribution in [0.25, 0.3) is 0 Å². The van der Waals surface area contributed by atoms with Crippen molar-refractivity contribution in [1.82, 2.24) is 0 Å². The van der Waals surface area contributed by atoms with Crippen LogP contribution in [0.2, 0.25) is 0 Å².